The summed E-state index contributed by atoms with van der Waals surface area (Å²) in [6.07, 6.45) is 8.85. The van der Waals surface area contributed by atoms with Crippen molar-refractivity contribution in [2.24, 2.45) is 11.8 Å². The second-order valence-electron chi connectivity index (χ2n) is 15.7. The molecule has 1 N–H and O–H groups in total. The Morgan fingerprint density at radius 1 is 1.06 bits per heavy atom. The number of methoxy groups -OCH3 is 1. The number of rotatable bonds is 5. The lowest BCUT2D eigenvalue weighted by atomic mass is 9.51. The minimum absolute atomic E-state index is 0.0317. The van der Waals surface area contributed by atoms with Crippen molar-refractivity contribution in [1.29, 1.82) is 0 Å². The molecule has 7 aliphatic rings. The summed E-state index contributed by atoms with van der Waals surface area (Å²) in [5.74, 6) is -1.24. The van der Waals surface area contributed by atoms with Gasteiger partial charge in [-0.3, -0.25) is 9.59 Å². The molecule has 3 aliphatic heterocycles. The molecule has 6 atom stereocenters. The summed E-state index contributed by atoms with van der Waals surface area (Å²) < 4.78 is 25.9. The van der Waals surface area contributed by atoms with Gasteiger partial charge >= 0.3 is 5.97 Å². The molecule has 3 fully saturated rings. The molecule has 0 amide bonds. The molecule has 6 bridgehead atoms. The zero-order valence-corrected chi connectivity index (χ0v) is 29.0. The first-order chi connectivity index (χ1) is 22.0. The number of Topliss-reactive ketones (excluding diaryl/α,β-unsaturated/α-hetero) is 2. The summed E-state index contributed by atoms with van der Waals surface area (Å²) in [5, 5.41) is 12.2. The van der Waals surface area contributed by atoms with Gasteiger partial charge in [-0.15, -0.1) is 0 Å². The Labute approximate surface area is 276 Å². The number of phenolic OH excluding ortho intramolecular Hbond substituents is 1. The van der Waals surface area contributed by atoms with Crippen LogP contribution in [-0.2, 0) is 25.5 Å². The van der Waals surface area contributed by atoms with Crippen molar-refractivity contribution < 1.29 is 38.4 Å². The lowest BCUT2D eigenvalue weighted by Gasteiger charge is -2.56. The fourth-order valence-electron chi connectivity index (χ4n) is 9.63. The molecule has 2 unspecified atom stereocenters. The Kier molecular flexibility index (Phi) is 6.91. The number of ether oxygens (including phenoxy) is 4. The first-order valence-corrected chi connectivity index (χ1v) is 16.9. The Morgan fingerprint density at radius 2 is 1.79 bits per heavy atom. The number of esters is 1. The van der Waals surface area contributed by atoms with E-state index in [-0.39, 0.29) is 46.9 Å². The van der Waals surface area contributed by atoms with Crippen molar-refractivity contribution >= 4 is 17.5 Å². The third-order valence-electron chi connectivity index (χ3n) is 11.8. The van der Waals surface area contributed by atoms with Crippen molar-refractivity contribution in [1.82, 2.24) is 0 Å². The smallest absolute Gasteiger partial charge is 0.333 e. The van der Waals surface area contributed by atoms with Gasteiger partial charge < -0.3 is 24.1 Å². The fraction of sp³-hybridized carbons (Fsp3) is 0.564. The maximum absolute atomic E-state index is 15.0. The molecular weight excluding hydrogens is 596 g/mol. The quantitative estimate of drug-likeness (QED) is 0.205. The molecule has 1 aromatic carbocycles. The van der Waals surface area contributed by atoms with Gasteiger partial charge in [-0.05, 0) is 87.5 Å². The van der Waals surface area contributed by atoms with Gasteiger partial charge in [-0.2, -0.15) is 0 Å². The summed E-state index contributed by atoms with van der Waals surface area (Å²) in [6.45, 7) is 15.9. The Hall–Kier alpha value is -3.65. The van der Waals surface area contributed by atoms with Crippen LogP contribution in [0.3, 0.4) is 0 Å². The third kappa shape index (κ3) is 4.12. The van der Waals surface area contributed by atoms with Crippen LogP contribution in [0.5, 0.6) is 17.2 Å². The van der Waals surface area contributed by atoms with Crippen LogP contribution in [0.1, 0.15) is 115 Å². The largest absolute Gasteiger partial charge is 0.507 e. The molecule has 1 aromatic rings. The zero-order chi connectivity index (χ0) is 34.0. The summed E-state index contributed by atoms with van der Waals surface area (Å²) >= 11 is 0. The van der Waals surface area contributed by atoms with Crippen LogP contribution in [0.25, 0.3) is 0 Å². The Morgan fingerprint density at radius 3 is 2.45 bits per heavy atom. The molecule has 2 saturated carbocycles. The lowest BCUT2D eigenvalue weighted by Crippen LogP contribution is -2.72. The van der Waals surface area contributed by atoms with Gasteiger partial charge in [-0.25, -0.2) is 4.79 Å². The van der Waals surface area contributed by atoms with Crippen molar-refractivity contribution in [2.75, 3.05) is 7.11 Å². The summed E-state index contributed by atoms with van der Waals surface area (Å²) in [5.41, 5.74) is 1.48. The molecule has 8 rings (SSSR count). The third-order valence-corrected chi connectivity index (χ3v) is 11.8. The predicted octanol–water partition coefficient (Wildman–Crippen LogP) is 7.17. The number of carbonyl (C=O) groups excluding carboxylic acids is 3. The molecule has 3 heterocycles. The molecule has 47 heavy (non-hydrogen) atoms. The zero-order valence-electron chi connectivity index (χ0n) is 29.0. The van der Waals surface area contributed by atoms with E-state index in [1.54, 1.807) is 19.1 Å². The lowest BCUT2D eigenvalue weighted by molar-refractivity contribution is -0.171. The minimum Gasteiger partial charge on any atom is -0.507 e. The van der Waals surface area contributed by atoms with Crippen LogP contribution in [0.2, 0.25) is 0 Å². The van der Waals surface area contributed by atoms with E-state index in [9.17, 15) is 14.7 Å². The first-order valence-electron chi connectivity index (χ1n) is 16.9. The van der Waals surface area contributed by atoms with E-state index in [0.29, 0.717) is 47.3 Å². The molecule has 1 spiro atoms. The molecule has 4 aliphatic carbocycles. The standard InChI is InChI=1S/C39H46O8/c1-19(2)10-11-24-32-28(25-18-37(8,45-32)14-13-23(25)20(3)4)31(41)29-30(40)26-16-22-17-27-36(6,7)47-38(34(22)42,39(26,27)46-33(24)29)15-12-21(5)35(43)44-9/h10,12,16,22,25,27,41H,11,13-15,17-18H2,1-9H3/b21-12-/t22-,25?,27?,37+,38-,39+/m0/s1. The predicted molar refractivity (Wildman–Crippen MR) is 176 cm³/mol. The Balaban J connectivity index is 1.52. The summed E-state index contributed by atoms with van der Waals surface area (Å²) in [7, 11) is 1.31. The average molecular weight is 643 g/mol. The molecule has 8 nitrogen and oxygen atoms in total. The van der Waals surface area contributed by atoms with Crippen molar-refractivity contribution in [3.8, 4) is 17.2 Å². The van der Waals surface area contributed by atoms with Gasteiger partial charge in [0.1, 0.15) is 28.4 Å². The topological polar surface area (TPSA) is 108 Å². The van der Waals surface area contributed by atoms with Gasteiger partial charge in [-0.1, -0.05) is 34.9 Å². The van der Waals surface area contributed by atoms with Crippen LogP contribution < -0.4 is 9.47 Å². The second kappa shape index (κ2) is 10.2. The number of carbonyl (C=O) groups is 3. The van der Waals surface area contributed by atoms with E-state index in [4.69, 9.17) is 18.9 Å². The minimum atomic E-state index is -1.56. The number of hydrogen-bond donors (Lipinski definition) is 1. The molecule has 8 heteroatoms. The number of fused-ring (bicyclic) bond motifs is 5. The number of ketones is 2. The van der Waals surface area contributed by atoms with E-state index >= 15 is 4.79 Å². The number of aromatic hydroxyl groups is 1. The summed E-state index contributed by atoms with van der Waals surface area (Å²) in [6, 6.07) is 0. The van der Waals surface area contributed by atoms with Crippen LogP contribution >= 0.6 is 0 Å². The van der Waals surface area contributed by atoms with Crippen LogP contribution in [0.4, 0.5) is 0 Å². The molecular formula is C39H46O8. The van der Waals surface area contributed by atoms with Crippen LogP contribution in [-0.4, -0.2) is 52.2 Å². The molecule has 0 radical (unpaired) electrons. The van der Waals surface area contributed by atoms with Gasteiger partial charge in [0, 0.05) is 46.4 Å². The first kappa shape index (κ1) is 31.9. The van der Waals surface area contributed by atoms with E-state index in [0.717, 1.165) is 18.4 Å². The van der Waals surface area contributed by atoms with E-state index in [1.165, 1.54) is 18.3 Å². The number of allylic oxidation sites excluding steroid dienone is 5. The Bertz CT molecular complexity index is 1780. The molecule has 0 aromatic heterocycles. The normalized spacial score (nSPS) is 34.0. The fourth-order valence-corrected chi connectivity index (χ4v) is 9.63. The highest BCUT2D eigenvalue weighted by Crippen LogP contribution is 2.69. The van der Waals surface area contributed by atoms with Crippen LogP contribution in [0, 0.1) is 11.8 Å². The van der Waals surface area contributed by atoms with Crippen molar-refractivity contribution in [2.45, 2.75) is 122 Å². The van der Waals surface area contributed by atoms with E-state index in [2.05, 4.69) is 26.8 Å². The van der Waals surface area contributed by atoms with E-state index in [1.807, 2.05) is 27.7 Å². The van der Waals surface area contributed by atoms with Crippen LogP contribution in [0.15, 0.2) is 46.1 Å². The number of hydrogen-bond acceptors (Lipinski definition) is 8. The maximum Gasteiger partial charge on any atom is 0.333 e. The maximum atomic E-state index is 15.0. The monoisotopic (exact) mass is 642 g/mol. The highest BCUT2D eigenvalue weighted by molar-refractivity contribution is 6.18. The summed E-state index contributed by atoms with van der Waals surface area (Å²) in [4.78, 5) is 41.9. The highest BCUT2D eigenvalue weighted by atomic mass is 16.6. The van der Waals surface area contributed by atoms with Gasteiger partial charge in [0.15, 0.2) is 22.8 Å². The molecule has 1 saturated heterocycles. The second-order valence-corrected chi connectivity index (χ2v) is 15.7. The van der Waals surface area contributed by atoms with Gasteiger partial charge in [0.25, 0.3) is 0 Å². The van der Waals surface area contributed by atoms with Gasteiger partial charge in [0.2, 0.25) is 0 Å². The van der Waals surface area contributed by atoms with Crippen molar-refractivity contribution in [3.63, 3.8) is 0 Å². The number of benzene rings is 1. The number of phenols is 1. The average Bonchev–Trinajstić information content (AvgIpc) is 3.15. The molecule has 250 valence electrons. The highest BCUT2D eigenvalue weighted by Gasteiger charge is 2.81. The van der Waals surface area contributed by atoms with E-state index < -0.39 is 34.3 Å². The van der Waals surface area contributed by atoms with Gasteiger partial charge in [0.05, 0.1) is 12.7 Å². The SMILES string of the molecule is COC(=O)/C(C)=C\C[C@@]12OC(C)(C)C3C[C@H](C=C4C(=O)c5c(O)c6c(c(CC=C(C)C)c5O[C@]431)O[C@]1(C)CCC(=C(C)C)C6C1)C2=O. The van der Waals surface area contributed by atoms with Crippen molar-refractivity contribution in [3.05, 3.63) is 62.8 Å².